The van der Waals surface area contributed by atoms with Gasteiger partial charge >= 0.3 is 29.9 Å². The highest BCUT2D eigenvalue weighted by atomic mass is 16.7. The molecule has 0 N–H and O–H groups in total. The van der Waals surface area contributed by atoms with Crippen molar-refractivity contribution in [1.29, 1.82) is 0 Å². The van der Waals surface area contributed by atoms with Crippen LogP contribution >= 0.6 is 0 Å². The molecule has 0 aromatic heterocycles. The number of rotatable bonds is 5. The monoisotopic (exact) mass is 373 g/mol. The van der Waals surface area contributed by atoms with Gasteiger partial charge in [-0.05, 0) is 0 Å². The van der Waals surface area contributed by atoms with Gasteiger partial charge in [-0.3, -0.25) is 19.2 Å². The summed E-state index contributed by atoms with van der Waals surface area (Å²) < 4.78 is 25.7. The first-order valence-corrected chi connectivity index (χ1v) is 7.54. The molecule has 0 aliphatic carbocycles. The number of hydrogen-bond donors (Lipinski definition) is 0. The fourth-order valence-corrected chi connectivity index (χ4v) is 2.38. The Kier molecular flexibility index (Phi) is 7.79. The Morgan fingerprint density at radius 3 is 1.85 bits per heavy atom. The highest BCUT2D eigenvalue weighted by molar-refractivity contribution is 5.68. The van der Waals surface area contributed by atoms with Crippen molar-refractivity contribution in [2.45, 2.75) is 58.2 Å². The molecule has 144 valence electrons. The normalized spacial score (nSPS) is 27.3. The van der Waals surface area contributed by atoms with Crippen LogP contribution in [0.4, 0.5) is 0 Å². The lowest BCUT2D eigenvalue weighted by Crippen LogP contribution is -2.62. The van der Waals surface area contributed by atoms with Gasteiger partial charge in [-0.1, -0.05) is 0 Å². The summed E-state index contributed by atoms with van der Waals surface area (Å²) in [6.45, 7) is 4.05. The van der Waals surface area contributed by atoms with Crippen LogP contribution in [-0.2, 0) is 42.9 Å². The van der Waals surface area contributed by atoms with Gasteiger partial charge in [0.1, 0.15) is 12.7 Å². The molecule has 1 saturated heterocycles. The molecule has 11 nitrogen and oxygen atoms in total. The topological polar surface area (TPSA) is 142 Å². The van der Waals surface area contributed by atoms with Gasteiger partial charge in [-0.25, -0.2) is 0 Å². The van der Waals surface area contributed by atoms with Crippen LogP contribution < -0.4 is 0 Å². The van der Waals surface area contributed by atoms with Crippen molar-refractivity contribution in [3.63, 3.8) is 0 Å². The highest BCUT2D eigenvalue weighted by Crippen LogP contribution is 2.29. The smallest absolute Gasteiger partial charge is 0.334 e. The average Bonchev–Trinajstić information content (AvgIpc) is 2.50. The van der Waals surface area contributed by atoms with Crippen LogP contribution in [0.5, 0.6) is 0 Å². The van der Waals surface area contributed by atoms with E-state index in [1.807, 2.05) is 6.07 Å². The Hall–Kier alpha value is -2.87. The number of carbonyl (C=O) groups excluding carboxylic acids is 4. The fraction of sp³-hybridized carbons (Fsp3) is 0.667. The van der Waals surface area contributed by atoms with E-state index in [4.69, 9.17) is 23.7 Å². The maximum Gasteiger partial charge on any atom is 0.334 e. The van der Waals surface area contributed by atoms with Crippen molar-refractivity contribution in [3.8, 4) is 6.07 Å². The van der Waals surface area contributed by atoms with E-state index in [-0.39, 0.29) is 6.61 Å². The first-order valence-electron chi connectivity index (χ1n) is 7.54. The predicted octanol–water partition coefficient (Wildman–Crippen LogP) is -0.0573. The molecule has 1 aliphatic rings. The lowest BCUT2D eigenvalue weighted by molar-refractivity contribution is -0.242. The molecule has 5 atom stereocenters. The molecule has 1 aliphatic heterocycles. The predicted molar refractivity (Wildman–Crippen MR) is 82.6 cm³/mol. The van der Waals surface area contributed by atoms with E-state index in [9.17, 15) is 24.4 Å². The van der Waals surface area contributed by atoms with Gasteiger partial charge in [0.25, 0.3) is 0 Å². The number of hydrogen-bond acceptors (Lipinski definition) is 10. The molecule has 1 rings (SSSR count). The zero-order valence-electron chi connectivity index (χ0n) is 14.6. The Bertz CT molecular complexity index is 622. The van der Waals surface area contributed by atoms with Crippen LogP contribution in [-0.4, -0.2) is 61.0 Å². The summed E-state index contributed by atoms with van der Waals surface area (Å²) in [6.07, 6.45) is -6.43. The van der Waals surface area contributed by atoms with Crippen LogP contribution in [0.1, 0.15) is 27.7 Å². The largest absolute Gasteiger partial charge is 0.498 e. The molecule has 1 fully saturated rings. The van der Waals surface area contributed by atoms with E-state index in [1.54, 1.807) is 0 Å². The van der Waals surface area contributed by atoms with Crippen LogP contribution in [0, 0.1) is 11.3 Å². The van der Waals surface area contributed by atoms with Crippen molar-refractivity contribution >= 4 is 23.9 Å². The fourth-order valence-electron chi connectivity index (χ4n) is 2.38. The maximum absolute atomic E-state index is 11.5. The van der Waals surface area contributed by atoms with Crippen molar-refractivity contribution in [3.05, 3.63) is 10.2 Å². The lowest BCUT2D eigenvalue weighted by atomic mass is 9.94. The zero-order valence-corrected chi connectivity index (χ0v) is 14.6. The van der Waals surface area contributed by atoms with Crippen molar-refractivity contribution in [1.82, 2.24) is 0 Å². The van der Waals surface area contributed by atoms with Gasteiger partial charge < -0.3 is 28.9 Å². The summed E-state index contributed by atoms with van der Waals surface area (Å²) in [7, 11) is 0. The molecule has 0 radical (unpaired) electrons. The van der Waals surface area contributed by atoms with Crippen LogP contribution in [0.25, 0.3) is 5.01 Å². The van der Waals surface area contributed by atoms with E-state index < -0.39 is 54.4 Å². The molecule has 11 heteroatoms. The third-order valence-corrected chi connectivity index (χ3v) is 3.17. The standard InChI is InChI=1S/C15H19NO10/c1-7(17)22-6-12-14(24-9(3)19)15(25-10(4)20)13(23-8(2)18)11(26-12)5-16-21/h11-15H,6H2,1-4H3/t11-,12+,13-,14-,15+/m0/s1. The molecule has 0 unspecified atom stereocenters. The molecule has 0 aromatic rings. The van der Waals surface area contributed by atoms with E-state index in [2.05, 4.69) is 5.01 Å². The first-order chi connectivity index (χ1) is 12.1. The number of nitrogens with zero attached hydrogens (tertiary/aromatic N) is 1. The minimum Gasteiger partial charge on any atom is -0.498 e. The van der Waals surface area contributed by atoms with Crippen molar-refractivity contribution in [2.75, 3.05) is 6.61 Å². The van der Waals surface area contributed by atoms with E-state index >= 15 is 0 Å². The molecule has 26 heavy (non-hydrogen) atoms. The minimum absolute atomic E-state index is 0.380. The molecular formula is C15H19NO10. The summed E-state index contributed by atoms with van der Waals surface area (Å²) in [5.41, 5.74) is 0. The molecule has 0 amide bonds. The van der Waals surface area contributed by atoms with Crippen molar-refractivity contribution < 1.29 is 42.9 Å². The minimum atomic E-state index is -1.35. The van der Waals surface area contributed by atoms with Gasteiger partial charge in [-0.2, -0.15) is 0 Å². The number of ether oxygens (including phenoxy) is 5. The maximum atomic E-state index is 11.5. The number of esters is 4. The van der Waals surface area contributed by atoms with Gasteiger partial charge in [0.05, 0.1) is 0 Å². The zero-order chi connectivity index (χ0) is 19.9. The molecule has 1 heterocycles. The highest BCUT2D eigenvalue weighted by Gasteiger charge is 2.53. The third kappa shape index (κ3) is 6.21. The average molecular weight is 373 g/mol. The summed E-state index contributed by atoms with van der Waals surface area (Å²) in [5.74, 6) is -2.92. The Morgan fingerprint density at radius 2 is 1.38 bits per heavy atom. The van der Waals surface area contributed by atoms with Crippen LogP contribution in [0.15, 0.2) is 0 Å². The van der Waals surface area contributed by atoms with E-state index in [1.165, 1.54) is 0 Å². The van der Waals surface area contributed by atoms with Crippen LogP contribution in [0.2, 0.25) is 0 Å². The van der Waals surface area contributed by atoms with Crippen molar-refractivity contribution in [2.24, 2.45) is 0 Å². The van der Waals surface area contributed by atoms with Gasteiger partial charge in [0, 0.05) is 32.7 Å². The molecule has 0 saturated carbocycles. The SMILES string of the molecule is CC(=O)OC[C@H]1O[C@@H](C#[N+][O-])[C@H](OC(C)=O)[C@@H](OC(C)=O)[C@H]1OC(C)=O. The molecule has 0 spiro atoms. The second kappa shape index (κ2) is 9.57. The second-order valence-electron chi connectivity index (χ2n) is 5.34. The summed E-state index contributed by atoms with van der Waals surface area (Å²) in [6, 6.07) is 2.03. The van der Waals surface area contributed by atoms with E-state index in [0.717, 1.165) is 27.7 Å². The van der Waals surface area contributed by atoms with Gasteiger partial charge in [0.2, 0.25) is 6.10 Å². The van der Waals surface area contributed by atoms with Gasteiger partial charge in [-0.15, -0.1) is 0 Å². The second-order valence-corrected chi connectivity index (χ2v) is 5.34. The molecular weight excluding hydrogens is 354 g/mol. The third-order valence-electron chi connectivity index (χ3n) is 3.17. The van der Waals surface area contributed by atoms with Crippen LogP contribution in [0.3, 0.4) is 0 Å². The molecule has 0 aromatic carbocycles. The summed E-state index contributed by atoms with van der Waals surface area (Å²) in [5, 5.41) is 13.1. The Balaban J connectivity index is 3.28. The van der Waals surface area contributed by atoms with Gasteiger partial charge in [0.15, 0.2) is 18.3 Å². The lowest BCUT2D eigenvalue weighted by Gasteiger charge is -2.41. The molecule has 0 bridgehead atoms. The quantitative estimate of drug-likeness (QED) is 0.365. The summed E-state index contributed by atoms with van der Waals surface area (Å²) in [4.78, 5) is 45.4. The Labute approximate surface area is 148 Å². The van der Waals surface area contributed by atoms with E-state index in [0.29, 0.717) is 0 Å². The first kappa shape index (κ1) is 21.2. The summed E-state index contributed by atoms with van der Waals surface area (Å²) >= 11 is 0. The Morgan fingerprint density at radius 1 is 0.885 bits per heavy atom. The number of carbonyl (C=O) groups is 4.